The number of ether oxygens (including phenoxy) is 7. The average Bonchev–Trinajstić information content (AvgIpc) is 3.19. The van der Waals surface area contributed by atoms with Crippen LogP contribution in [0.5, 0.6) is 0 Å². The molecule has 1 saturated carbocycles. The number of hydrogen-bond donors (Lipinski definition) is 12. The largest absolute Gasteiger partial charge is 0.396 e. The molecular weight excluding hydrogens is 618 g/mol. The molecule has 0 bridgehead atoms. The maximum absolute atomic E-state index is 11.3. The maximum atomic E-state index is 11.3. The molecular formula is C27H51N5O14. The zero-order chi connectivity index (χ0) is 33.4. The minimum atomic E-state index is -1.58. The van der Waals surface area contributed by atoms with Gasteiger partial charge in [-0.05, 0) is 19.3 Å². The van der Waals surface area contributed by atoms with E-state index < -0.39 is 135 Å². The maximum Gasteiger partial charge on any atom is 0.187 e. The highest BCUT2D eigenvalue weighted by atomic mass is 16.8. The monoisotopic (exact) mass is 669 g/mol. The fourth-order valence-corrected chi connectivity index (χ4v) is 7.00. The lowest BCUT2D eigenvalue weighted by Gasteiger charge is -2.48. The molecule has 0 aromatic rings. The summed E-state index contributed by atoms with van der Waals surface area (Å²) in [5.74, 6) is -0.850. The van der Waals surface area contributed by atoms with Gasteiger partial charge in [0.25, 0.3) is 0 Å². The number of fused-ring (bicyclic) bond motifs is 1. The highest BCUT2D eigenvalue weighted by Crippen LogP contribution is 2.36. The fraction of sp³-hybridized carbons (Fsp3) is 1.00. The zero-order valence-corrected chi connectivity index (χ0v) is 25.4. The summed E-state index contributed by atoms with van der Waals surface area (Å²) in [4.78, 5) is 0. The van der Waals surface area contributed by atoms with Crippen LogP contribution in [0.3, 0.4) is 0 Å². The van der Waals surface area contributed by atoms with Gasteiger partial charge in [-0.3, -0.25) is 0 Å². The molecule has 1 aliphatic carbocycles. The lowest BCUT2D eigenvalue weighted by Crippen LogP contribution is -2.68. The van der Waals surface area contributed by atoms with Crippen molar-refractivity contribution in [3.8, 4) is 0 Å². The lowest BCUT2D eigenvalue weighted by molar-refractivity contribution is -0.317. The summed E-state index contributed by atoms with van der Waals surface area (Å²) in [6.07, 6.45) is -17.1. The van der Waals surface area contributed by atoms with Crippen LogP contribution >= 0.6 is 0 Å². The van der Waals surface area contributed by atoms with E-state index in [9.17, 15) is 35.7 Å². The van der Waals surface area contributed by atoms with Gasteiger partial charge >= 0.3 is 0 Å². The van der Waals surface area contributed by atoms with Crippen LogP contribution in [0.4, 0.5) is 0 Å². The van der Waals surface area contributed by atoms with Gasteiger partial charge in [0, 0.05) is 31.2 Å². The van der Waals surface area contributed by atoms with Gasteiger partial charge in [0.2, 0.25) is 0 Å². The minimum Gasteiger partial charge on any atom is -0.396 e. The Kier molecular flexibility index (Phi) is 12.2. The number of nitrogens with two attached hydrogens (primary N) is 5. The molecule has 268 valence electrons. The van der Waals surface area contributed by atoms with Gasteiger partial charge in [-0.25, -0.2) is 0 Å². The van der Waals surface area contributed by atoms with Crippen LogP contribution < -0.4 is 28.7 Å². The van der Waals surface area contributed by atoms with Gasteiger partial charge in [0.1, 0.15) is 48.8 Å². The van der Waals surface area contributed by atoms with Gasteiger partial charge in [-0.1, -0.05) is 0 Å². The van der Waals surface area contributed by atoms with E-state index >= 15 is 0 Å². The number of hydrogen-bond acceptors (Lipinski definition) is 19. The van der Waals surface area contributed by atoms with Crippen LogP contribution in [0.15, 0.2) is 0 Å². The molecule has 19 heteroatoms. The smallest absolute Gasteiger partial charge is 0.187 e. The summed E-state index contributed by atoms with van der Waals surface area (Å²) in [5, 5.41) is 74.3. The molecule has 0 amide bonds. The van der Waals surface area contributed by atoms with Gasteiger partial charge in [-0.2, -0.15) is 0 Å². The third-order valence-electron chi connectivity index (χ3n) is 9.78. The van der Waals surface area contributed by atoms with Gasteiger partial charge in [0.15, 0.2) is 18.9 Å². The van der Waals surface area contributed by atoms with E-state index in [2.05, 4.69) is 0 Å². The standard InChI is InChI=1S/C27H51N5O14/c28-5-12-16(36)8(6-33)14(31)25(41-12)45-22-13(7-34)42-27(19(22)39)46-24-17(37)9(29)4-10(30)20(24)43-26-15(32)18(38)23-21(44-26)11(35)2-1-3-40-23/h8-27,33-39H,1-7,28-32H2/t8?,9-,10?,11?,12?,13-,14?,15?,16+,17?,18?,19+,20-,21?,22+,23+,24?,25-,26+,27+/m1/s1. The minimum absolute atomic E-state index is 0.101. The van der Waals surface area contributed by atoms with E-state index in [1.54, 1.807) is 0 Å². The molecule has 17 N–H and O–H groups in total. The molecule has 10 unspecified atom stereocenters. The van der Waals surface area contributed by atoms with E-state index in [4.69, 9.17) is 61.8 Å². The molecule has 0 aromatic heterocycles. The zero-order valence-electron chi connectivity index (χ0n) is 25.4. The highest BCUT2D eigenvalue weighted by Gasteiger charge is 2.55. The molecule has 5 rings (SSSR count). The summed E-state index contributed by atoms with van der Waals surface area (Å²) in [5.41, 5.74) is 30.8. The van der Waals surface area contributed by atoms with Crippen molar-refractivity contribution in [1.82, 2.24) is 0 Å². The van der Waals surface area contributed by atoms with Gasteiger partial charge < -0.3 is 97.6 Å². The van der Waals surface area contributed by atoms with E-state index in [0.29, 0.717) is 19.4 Å². The van der Waals surface area contributed by atoms with Crippen molar-refractivity contribution >= 4 is 0 Å². The summed E-state index contributed by atoms with van der Waals surface area (Å²) in [6.45, 7) is -0.910. The summed E-state index contributed by atoms with van der Waals surface area (Å²) in [6, 6.07) is -3.87. The molecule has 0 radical (unpaired) electrons. The predicted octanol–water partition coefficient (Wildman–Crippen LogP) is -7.43. The summed E-state index contributed by atoms with van der Waals surface area (Å²) >= 11 is 0. The van der Waals surface area contributed by atoms with E-state index in [0.717, 1.165) is 0 Å². The van der Waals surface area contributed by atoms with Gasteiger partial charge in [0.05, 0.1) is 49.7 Å². The normalized spacial score (nSPS) is 53.5. The van der Waals surface area contributed by atoms with Crippen molar-refractivity contribution < 1.29 is 68.9 Å². The molecule has 20 atom stereocenters. The van der Waals surface area contributed by atoms with Crippen molar-refractivity contribution in [1.29, 1.82) is 0 Å². The first kappa shape index (κ1) is 36.5. The fourth-order valence-electron chi connectivity index (χ4n) is 7.00. The molecule has 4 aliphatic heterocycles. The third kappa shape index (κ3) is 7.10. The summed E-state index contributed by atoms with van der Waals surface area (Å²) in [7, 11) is 0. The van der Waals surface area contributed by atoms with Crippen molar-refractivity contribution in [2.75, 3.05) is 26.4 Å². The third-order valence-corrected chi connectivity index (χ3v) is 9.78. The molecule has 4 heterocycles. The van der Waals surface area contributed by atoms with Crippen LogP contribution in [-0.4, -0.2) is 178 Å². The SMILES string of the molecule is NCC1O[C@H](O[C@@H]2[C@H](O)[C@H](OC3C(O)[C@H](N)CC(N)[C@H]3O[C@H]3OC4C(O)CCCO[C@H]4C(O)C3N)O[C@@H]2CO)C(N)C(CO)[C@@H]1O. The predicted molar refractivity (Wildman–Crippen MR) is 153 cm³/mol. The first-order chi connectivity index (χ1) is 21.9. The molecule has 5 aliphatic rings. The Hall–Kier alpha value is -0.760. The van der Waals surface area contributed by atoms with Crippen molar-refractivity contribution in [2.45, 2.75) is 136 Å². The van der Waals surface area contributed by atoms with Crippen LogP contribution in [0, 0.1) is 5.92 Å². The van der Waals surface area contributed by atoms with Crippen LogP contribution in [0.1, 0.15) is 19.3 Å². The Labute approximate surface area is 265 Å². The quantitative estimate of drug-likeness (QED) is 0.108. The van der Waals surface area contributed by atoms with Crippen LogP contribution in [-0.2, 0) is 33.2 Å². The molecule has 4 saturated heterocycles. The first-order valence-electron chi connectivity index (χ1n) is 15.8. The summed E-state index contributed by atoms with van der Waals surface area (Å²) < 4.78 is 41.3. The highest BCUT2D eigenvalue weighted by molar-refractivity contribution is 5.03. The first-order valence-corrected chi connectivity index (χ1v) is 15.8. The Morgan fingerprint density at radius 1 is 0.630 bits per heavy atom. The lowest BCUT2D eigenvalue weighted by atomic mass is 9.84. The molecule has 0 aromatic carbocycles. The number of aliphatic hydroxyl groups excluding tert-OH is 7. The molecule has 46 heavy (non-hydrogen) atoms. The Morgan fingerprint density at radius 3 is 1.96 bits per heavy atom. The second-order valence-corrected chi connectivity index (χ2v) is 12.8. The molecule has 5 fully saturated rings. The number of rotatable bonds is 9. The van der Waals surface area contributed by atoms with Crippen molar-refractivity contribution in [3.05, 3.63) is 0 Å². The second-order valence-electron chi connectivity index (χ2n) is 12.8. The topological polar surface area (TPSA) is 336 Å². The van der Waals surface area contributed by atoms with Crippen LogP contribution in [0.2, 0.25) is 0 Å². The van der Waals surface area contributed by atoms with Crippen molar-refractivity contribution in [2.24, 2.45) is 34.6 Å². The average molecular weight is 670 g/mol. The van der Waals surface area contributed by atoms with E-state index in [-0.39, 0.29) is 13.0 Å². The molecule has 0 spiro atoms. The van der Waals surface area contributed by atoms with Crippen molar-refractivity contribution in [3.63, 3.8) is 0 Å². The van der Waals surface area contributed by atoms with Gasteiger partial charge in [-0.15, -0.1) is 0 Å². The molecule has 19 nitrogen and oxygen atoms in total. The van der Waals surface area contributed by atoms with Crippen LogP contribution in [0.25, 0.3) is 0 Å². The van der Waals surface area contributed by atoms with E-state index in [1.807, 2.05) is 0 Å². The Bertz CT molecular complexity index is 980. The Balaban J connectivity index is 1.31. The number of aliphatic hydroxyl groups is 7. The van der Waals surface area contributed by atoms with E-state index in [1.165, 1.54) is 0 Å². The second kappa shape index (κ2) is 15.4. The Morgan fingerprint density at radius 2 is 1.28 bits per heavy atom.